The van der Waals surface area contributed by atoms with Crippen LogP contribution < -0.4 is 4.74 Å². The summed E-state index contributed by atoms with van der Waals surface area (Å²) in [6.07, 6.45) is 3.68. The summed E-state index contributed by atoms with van der Waals surface area (Å²) in [6, 6.07) is 9.98. The number of benzene rings is 2. The molecule has 2 aromatic carbocycles. The van der Waals surface area contributed by atoms with Crippen molar-refractivity contribution in [1.29, 1.82) is 0 Å². The van der Waals surface area contributed by atoms with Crippen LogP contribution in [0.3, 0.4) is 0 Å². The average Bonchev–Trinajstić information content (AvgIpc) is 3.24. The highest BCUT2D eigenvalue weighted by Crippen LogP contribution is 2.56. The van der Waals surface area contributed by atoms with Gasteiger partial charge in [0.2, 0.25) is 0 Å². The van der Waals surface area contributed by atoms with E-state index >= 15 is 0 Å². The van der Waals surface area contributed by atoms with E-state index in [4.69, 9.17) is 19.3 Å². The second-order valence-electron chi connectivity index (χ2n) is 8.57. The highest BCUT2D eigenvalue weighted by Gasteiger charge is 2.56. The molecular formula is C24H26F2O5. The van der Waals surface area contributed by atoms with Gasteiger partial charge in [-0.05, 0) is 74.6 Å². The molecule has 0 heterocycles. The number of carbonyl (C=O) groups is 1. The van der Waals surface area contributed by atoms with E-state index in [1.807, 2.05) is 6.92 Å². The number of fused-ring (bicyclic) bond motifs is 2. The normalized spacial score (nSPS) is 25.5. The number of halogens is 2. The molecule has 31 heavy (non-hydrogen) atoms. The summed E-state index contributed by atoms with van der Waals surface area (Å²) in [5, 5.41) is 8.84. The van der Waals surface area contributed by atoms with Gasteiger partial charge in [0.25, 0.3) is 0 Å². The minimum atomic E-state index is -0.867. The molecule has 2 aliphatic carbocycles. The monoisotopic (exact) mass is 432 g/mol. The van der Waals surface area contributed by atoms with Crippen molar-refractivity contribution >= 4 is 5.97 Å². The van der Waals surface area contributed by atoms with Gasteiger partial charge in [-0.25, -0.2) is 8.78 Å². The van der Waals surface area contributed by atoms with E-state index < -0.39 is 11.8 Å². The van der Waals surface area contributed by atoms with Crippen molar-refractivity contribution in [1.82, 2.24) is 0 Å². The molecule has 2 fully saturated rings. The molecule has 7 heteroatoms. The van der Waals surface area contributed by atoms with Gasteiger partial charge in [-0.15, -0.1) is 0 Å². The van der Waals surface area contributed by atoms with Crippen LogP contribution in [0.2, 0.25) is 0 Å². The summed E-state index contributed by atoms with van der Waals surface area (Å²) < 4.78 is 45.4. The largest absolute Gasteiger partial charge is 0.481 e. The summed E-state index contributed by atoms with van der Waals surface area (Å²) in [7, 11) is 0. The molecule has 0 saturated heterocycles. The molecule has 2 bridgehead atoms. The molecule has 0 radical (unpaired) electrons. The number of aliphatic carboxylic acids is 1. The number of hydrogen-bond acceptors (Lipinski definition) is 4. The lowest BCUT2D eigenvalue weighted by molar-refractivity contribution is -0.140. The van der Waals surface area contributed by atoms with E-state index in [0.29, 0.717) is 17.1 Å². The van der Waals surface area contributed by atoms with Gasteiger partial charge < -0.3 is 19.3 Å². The molecule has 1 N–H and O–H groups in total. The van der Waals surface area contributed by atoms with Gasteiger partial charge in [-0.1, -0.05) is 0 Å². The van der Waals surface area contributed by atoms with Crippen LogP contribution in [0.1, 0.15) is 57.1 Å². The molecule has 2 saturated carbocycles. The van der Waals surface area contributed by atoms with E-state index in [2.05, 4.69) is 0 Å². The van der Waals surface area contributed by atoms with Gasteiger partial charge in [0.1, 0.15) is 23.1 Å². The van der Waals surface area contributed by atoms with E-state index in [0.717, 1.165) is 32.1 Å². The van der Waals surface area contributed by atoms with Gasteiger partial charge in [-0.2, -0.15) is 0 Å². The standard InChI is InChI=1S/C24H26F2O5/c1-16(31-24-9-7-23(15-24,8-10-24)29-11-6-22(27)28)17-12-19(26)14-21(13-17)30-20-4-2-18(25)3-5-20/h2-5,12-14,16H,6-11,15H2,1H3,(H,27,28). The number of carboxylic acids is 1. The first-order chi connectivity index (χ1) is 14.8. The Bertz CT molecular complexity index is 935. The Morgan fingerprint density at radius 3 is 2.35 bits per heavy atom. The average molecular weight is 432 g/mol. The smallest absolute Gasteiger partial charge is 0.305 e. The molecule has 0 spiro atoms. The summed E-state index contributed by atoms with van der Waals surface area (Å²) in [4.78, 5) is 10.8. The Balaban J connectivity index is 1.42. The molecule has 0 amide bonds. The molecule has 0 aromatic heterocycles. The molecule has 5 nitrogen and oxygen atoms in total. The maximum absolute atomic E-state index is 14.3. The third-order valence-electron chi connectivity index (χ3n) is 6.28. The quantitative estimate of drug-likeness (QED) is 0.544. The van der Waals surface area contributed by atoms with Crippen molar-refractivity contribution in [2.45, 2.75) is 62.8 Å². The number of ether oxygens (including phenoxy) is 3. The summed E-state index contributed by atoms with van der Waals surface area (Å²) >= 11 is 0. The van der Waals surface area contributed by atoms with Crippen LogP contribution in [0.4, 0.5) is 8.78 Å². The fourth-order valence-electron chi connectivity index (χ4n) is 4.77. The predicted octanol–water partition coefficient (Wildman–Crippen LogP) is 5.78. The molecule has 1 atom stereocenters. The first kappa shape index (κ1) is 21.7. The summed E-state index contributed by atoms with van der Waals surface area (Å²) in [5.41, 5.74) is 0.00337. The van der Waals surface area contributed by atoms with Crippen molar-refractivity contribution < 1.29 is 32.9 Å². The molecule has 166 valence electrons. The van der Waals surface area contributed by atoms with Crippen molar-refractivity contribution in [3.63, 3.8) is 0 Å². The topological polar surface area (TPSA) is 65.0 Å². The number of carboxylic acid groups (broad SMARTS) is 1. The second-order valence-corrected chi connectivity index (χ2v) is 8.57. The second kappa shape index (κ2) is 8.55. The van der Waals surface area contributed by atoms with Crippen molar-refractivity contribution in [3.8, 4) is 11.5 Å². The molecule has 2 aromatic rings. The maximum Gasteiger partial charge on any atom is 0.305 e. The SMILES string of the molecule is CC(OC12CCC(OCCC(=O)O)(CC1)C2)c1cc(F)cc(Oc2ccc(F)cc2)c1. The number of rotatable bonds is 9. The van der Waals surface area contributed by atoms with Crippen molar-refractivity contribution in [2.75, 3.05) is 6.61 Å². The summed E-state index contributed by atoms with van der Waals surface area (Å²) in [5.74, 6) is -0.941. The van der Waals surface area contributed by atoms with Crippen LogP contribution in [-0.2, 0) is 14.3 Å². The minimum absolute atomic E-state index is 0.00780. The van der Waals surface area contributed by atoms with Crippen LogP contribution in [0.15, 0.2) is 42.5 Å². The Hall–Kier alpha value is -2.51. The van der Waals surface area contributed by atoms with Crippen LogP contribution in [0.5, 0.6) is 11.5 Å². The van der Waals surface area contributed by atoms with Crippen molar-refractivity contribution in [3.05, 3.63) is 59.7 Å². The zero-order valence-electron chi connectivity index (χ0n) is 17.4. The van der Waals surface area contributed by atoms with Crippen molar-refractivity contribution in [2.24, 2.45) is 0 Å². The highest BCUT2D eigenvalue weighted by molar-refractivity contribution is 5.66. The van der Waals surface area contributed by atoms with E-state index in [-0.39, 0.29) is 36.2 Å². The molecular weight excluding hydrogens is 406 g/mol. The first-order valence-electron chi connectivity index (χ1n) is 10.5. The number of hydrogen-bond donors (Lipinski definition) is 1. The third kappa shape index (κ3) is 5.05. The van der Waals surface area contributed by atoms with Crippen LogP contribution in [0.25, 0.3) is 0 Å². The Labute approximate surface area is 179 Å². The van der Waals surface area contributed by atoms with E-state index in [1.165, 1.54) is 36.4 Å². The zero-order valence-corrected chi connectivity index (χ0v) is 17.4. The lowest BCUT2D eigenvalue weighted by Gasteiger charge is -2.31. The van der Waals surface area contributed by atoms with Gasteiger partial charge >= 0.3 is 5.97 Å². The Kier molecular flexibility index (Phi) is 5.99. The van der Waals surface area contributed by atoms with E-state index in [1.54, 1.807) is 6.07 Å². The minimum Gasteiger partial charge on any atom is -0.481 e. The van der Waals surface area contributed by atoms with Crippen LogP contribution in [-0.4, -0.2) is 28.9 Å². The maximum atomic E-state index is 14.3. The summed E-state index contributed by atoms with van der Waals surface area (Å²) in [6.45, 7) is 2.09. The van der Waals surface area contributed by atoms with E-state index in [9.17, 15) is 13.6 Å². The zero-order chi connectivity index (χ0) is 22.1. The fraction of sp³-hybridized carbons (Fsp3) is 0.458. The van der Waals surface area contributed by atoms with Gasteiger partial charge in [0.05, 0.1) is 30.3 Å². The molecule has 4 rings (SSSR count). The third-order valence-corrected chi connectivity index (χ3v) is 6.28. The molecule has 2 aliphatic rings. The molecule has 1 unspecified atom stereocenters. The first-order valence-corrected chi connectivity index (χ1v) is 10.5. The highest BCUT2D eigenvalue weighted by atomic mass is 19.1. The Morgan fingerprint density at radius 2 is 1.68 bits per heavy atom. The Morgan fingerprint density at radius 1 is 1.00 bits per heavy atom. The van der Waals surface area contributed by atoms with Gasteiger partial charge in [0.15, 0.2) is 0 Å². The van der Waals surface area contributed by atoms with Crippen LogP contribution in [0, 0.1) is 11.6 Å². The van der Waals surface area contributed by atoms with Crippen LogP contribution >= 0.6 is 0 Å². The predicted molar refractivity (Wildman–Crippen MR) is 109 cm³/mol. The lowest BCUT2D eigenvalue weighted by atomic mass is 9.94. The molecule has 0 aliphatic heterocycles. The van der Waals surface area contributed by atoms with Gasteiger partial charge in [-0.3, -0.25) is 4.79 Å². The lowest BCUT2D eigenvalue weighted by Crippen LogP contribution is -2.28. The fourth-order valence-corrected chi connectivity index (χ4v) is 4.77. The van der Waals surface area contributed by atoms with Gasteiger partial charge in [0, 0.05) is 12.5 Å².